The Morgan fingerprint density at radius 1 is 0.975 bits per heavy atom. The number of nitrogens with one attached hydrogen (secondary N) is 1. The topological polar surface area (TPSA) is 96.0 Å². The van der Waals surface area contributed by atoms with Crippen molar-refractivity contribution >= 4 is 27.5 Å². The molecule has 0 aromatic heterocycles. The highest BCUT2D eigenvalue weighted by molar-refractivity contribution is 7.92. The third-order valence-electron chi connectivity index (χ3n) is 6.34. The number of nitrogens with zero attached hydrogens (tertiary/aromatic N) is 2. The van der Waals surface area contributed by atoms with Gasteiger partial charge in [-0.15, -0.1) is 0 Å². The van der Waals surface area contributed by atoms with E-state index in [0.29, 0.717) is 25.3 Å². The van der Waals surface area contributed by atoms with Crippen LogP contribution >= 0.6 is 0 Å². The van der Waals surface area contributed by atoms with Gasteiger partial charge in [0.15, 0.2) is 0 Å². The van der Waals surface area contributed by atoms with Crippen LogP contribution in [0.3, 0.4) is 0 Å². The summed E-state index contributed by atoms with van der Waals surface area (Å²) in [6.07, 6.45) is 0.696. The zero-order chi connectivity index (χ0) is 29.3. The average molecular weight is 570 g/mol. The van der Waals surface area contributed by atoms with Gasteiger partial charge in [0.05, 0.1) is 17.2 Å². The van der Waals surface area contributed by atoms with Crippen LogP contribution in [0.5, 0.6) is 5.75 Å². The molecule has 214 valence electrons. The first-order chi connectivity index (χ1) is 19.1. The predicted molar refractivity (Wildman–Crippen MR) is 153 cm³/mol. The minimum Gasteiger partial charge on any atom is -0.494 e. The molecule has 3 aromatic carbocycles. The van der Waals surface area contributed by atoms with Gasteiger partial charge >= 0.3 is 0 Å². The molecule has 8 nitrogen and oxygen atoms in total. The Morgan fingerprint density at radius 3 is 2.23 bits per heavy atom. The molecule has 0 fully saturated rings. The van der Waals surface area contributed by atoms with Crippen LogP contribution < -0.4 is 14.4 Å². The number of aryl methyl sites for hydroxylation is 1. The van der Waals surface area contributed by atoms with Crippen LogP contribution in [0.25, 0.3) is 0 Å². The smallest absolute Gasteiger partial charge is 0.264 e. The van der Waals surface area contributed by atoms with Crippen molar-refractivity contribution in [3.63, 3.8) is 0 Å². The quantitative estimate of drug-likeness (QED) is 0.323. The summed E-state index contributed by atoms with van der Waals surface area (Å²) in [4.78, 5) is 27.9. The van der Waals surface area contributed by atoms with Crippen LogP contribution in [-0.2, 0) is 26.2 Å². The van der Waals surface area contributed by atoms with E-state index in [1.54, 1.807) is 49.4 Å². The number of halogens is 1. The molecule has 0 bridgehead atoms. The van der Waals surface area contributed by atoms with Crippen LogP contribution in [-0.4, -0.2) is 50.9 Å². The predicted octanol–water partition coefficient (Wildman–Crippen LogP) is 4.67. The number of amides is 2. The highest BCUT2D eigenvalue weighted by atomic mass is 32.2. The lowest BCUT2D eigenvalue weighted by Crippen LogP contribution is -2.51. The highest BCUT2D eigenvalue weighted by Crippen LogP contribution is 2.26. The van der Waals surface area contributed by atoms with Crippen LogP contribution in [0, 0.1) is 12.7 Å². The first-order valence-corrected chi connectivity index (χ1v) is 14.6. The van der Waals surface area contributed by atoms with Gasteiger partial charge in [0.1, 0.15) is 24.2 Å². The summed E-state index contributed by atoms with van der Waals surface area (Å²) in [6.45, 7) is 7.16. The Hall–Kier alpha value is -3.92. The van der Waals surface area contributed by atoms with Crippen molar-refractivity contribution in [1.29, 1.82) is 0 Å². The third-order valence-corrected chi connectivity index (χ3v) is 8.13. The molecule has 3 aromatic rings. The Morgan fingerprint density at radius 2 is 1.62 bits per heavy atom. The summed E-state index contributed by atoms with van der Waals surface area (Å²) in [6, 6.07) is 17.7. The minimum atomic E-state index is -4.21. The molecule has 0 aliphatic rings. The molecule has 1 unspecified atom stereocenters. The zero-order valence-electron chi connectivity index (χ0n) is 23.3. The lowest BCUT2D eigenvalue weighted by atomic mass is 10.1. The van der Waals surface area contributed by atoms with Crippen LogP contribution in [0.4, 0.5) is 10.1 Å². The van der Waals surface area contributed by atoms with Gasteiger partial charge in [0.25, 0.3) is 10.0 Å². The monoisotopic (exact) mass is 569 g/mol. The first-order valence-electron chi connectivity index (χ1n) is 13.2. The second-order valence-electron chi connectivity index (χ2n) is 9.33. The van der Waals surface area contributed by atoms with Gasteiger partial charge in [-0.05, 0) is 69.7 Å². The number of benzene rings is 3. The molecular weight excluding hydrogens is 533 g/mol. The molecular formula is C30H36FN3O5S. The molecule has 0 heterocycles. The largest absolute Gasteiger partial charge is 0.494 e. The van der Waals surface area contributed by atoms with Crippen molar-refractivity contribution in [1.82, 2.24) is 10.2 Å². The van der Waals surface area contributed by atoms with Crippen LogP contribution in [0.2, 0.25) is 0 Å². The van der Waals surface area contributed by atoms with Crippen molar-refractivity contribution in [2.24, 2.45) is 0 Å². The van der Waals surface area contributed by atoms with E-state index in [4.69, 9.17) is 4.74 Å². The van der Waals surface area contributed by atoms with Crippen molar-refractivity contribution in [3.05, 3.63) is 89.7 Å². The summed E-state index contributed by atoms with van der Waals surface area (Å²) >= 11 is 0. The summed E-state index contributed by atoms with van der Waals surface area (Å²) in [5.74, 6) is -1.08. The van der Waals surface area contributed by atoms with E-state index in [1.165, 1.54) is 35.2 Å². The fourth-order valence-corrected chi connectivity index (χ4v) is 5.44. The van der Waals surface area contributed by atoms with Gasteiger partial charge in [-0.1, -0.05) is 42.8 Å². The lowest BCUT2D eigenvalue weighted by Gasteiger charge is -2.32. The van der Waals surface area contributed by atoms with E-state index in [0.717, 1.165) is 9.87 Å². The van der Waals surface area contributed by atoms with E-state index in [2.05, 4.69) is 5.32 Å². The van der Waals surface area contributed by atoms with Crippen molar-refractivity contribution in [3.8, 4) is 5.75 Å². The SMILES string of the molecule is CCCNC(=O)C(C)N(Cc1ccccc1F)C(=O)CN(c1ccc(C)cc1)S(=O)(=O)c1ccc(OCC)cc1. The van der Waals surface area contributed by atoms with E-state index < -0.39 is 40.2 Å². The van der Waals surface area contributed by atoms with Gasteiger partial charge in [-0.3, -0.25) is 13.9 Å². The molecule has 0 radical (unpaired) electrons. The highest BCUT2D eigenvalue weighted by Gasteiger charge is 2.32. The van der Waals surface area contributed by atoms with Crippen molar-refractivity contribution < 1.29 is 27.1 Å². The number of hydrogen-bond acceptors (Lipinski definition) is 5. The van der Waals surface area contributed by atoms with Crippen molar-refractivity contribution in [2.75, 3.05) is 24.0 Å². The molecule has 2 amide bonds. The minimum absolute atomic E-state index is 0.0290. The number of carbonyl (C=O) groups is 2. The number of rotatable bonds is 13. The molecule has 1 N–H and O–H groups in total. The van der Waals surface area contributed by atoms with Crippen LogP contribution in [0.1, 0.15) is 38.3 Å². The van der Waals surface area contributed by atoms with Gasteiger partial charge < -0.3 is 15.0 Å². The standard InChI is InChI=1S/C30H36FN3O5S/c1-5-19-32-30(36)23(4)33(20-24-9-7-8-10-28(24)31)29(35)21-34(25-13-11-22(3)12-14-25)40(37,38)27-17-15-26(16-18-27)39-6-2/h7-18,23H,5-6,19-21H2,1-4H3,(H,32,36). The van der Waals surface area contributed by atoms with E-state index in [9.17, 15) is 22.4 Å². The lowest BCUT2D eigenvalue weighted by molar-refractivity contribution is -0.139. The second kappa shape index (κ2) is 13.9. The molecule has 0 aliphatic carbocycles. The third kappa shape index (κ3) is 7.59. The Balaban J connectivity index is 2.01. The molecule has 1 atom stereocenters. The fourth-order valence-electron chi connectivity index (χ4n) is 4.03. The molecule has 10 heteroatoms. The van der Waals surface area contributed by atoms with E-state index >= 15 is 0 Å². The summed E-state index contributed by atoms with van der Waals surface area (Å²) in [5, 5.41) is 2.76. The molecule has 0 aliphatic heterocycles. The van der Waals surface area contributed by atoms with Gasteiger partial charge in [0.2, 0.25) is 11.8 Å². The zero-order valence-corrected chi connectivity index (χ0v) is 24.1. The fraction of sp³-hybridized carbons (Fsp3) is 0.333. The Kier molecular flexibility index (Phi) is 10.7. The average Bonchev–Trinajstić information content (AvgIpc) is 2.94. The van der Waals surface area contributed by atoms with Gasteiger partial charge in [0, 0.05) is 18.7 Å². The molecule has 0 saturated heterocycles. The van der Waals surface area contributed by atoms with E-state index in [-0.39, 0.29) is 22.7 Å². The van der Waals surface area contributed by atoms with E-state index in [1.807, 2.05) is 20.8 Å². The normalized spacial score (nSPS) is 11.9. The first kappa shape index (κ1) is 30.6. The van der Waals surface area contributed by atoms with Gasteiger partial charge in [-0.25, -0.2) is 12.8 Å². The summed E-state index contributed by atoms with van der Waals surface area (Å²) in [7, 11) is -4.21. The summed E-state index contributed by atoms with van der Waals surface area (Å²) in [5.41, 5.74) is 1.40. The molecule has 0 spiro atoms. The van der Waals surface area contributed by atoms with Crippen molar-refractivity contribution in [2.45, 2.75) is 51.6 Å². The maximum absolute atomic E-state index is 14.6. The Bertz CT molecular complexity index is 1400. The number of carbonyl (C=O) groups excluding carboxylic acids is 2. The molecule has 40 heavy (non-hydrogen) atoms. The second-order valence-corrected chi connectivity index (χ2v) is 11.2. The Labute approximate surface area is 235 Å². The van der Waals surface area contributed by atoms with Crippen LogP contribution in [0.15, 0.2) is 77.7 Å². The number of hydrogen-bond donors (Lipinski definition) is 1. The number of anilines is 1. The molecule has 0 saturated carbocycles. The number of ether oxygens (including phenoxy) is 1. The van der Waals surface area contributed by atoms with Gasteiger partial charge in [-0.2, -0.15) is 0 Å². The summed E-state index contributed by atoms with van der Waals surface area (Å²) < 4.78 is 48.8. The molecule has 3 rings (SSSR count). The maximum Gasteiger partial charge on any atom is 0.264 e. The number of sulfonamides is 1. The maximum atomic E-state index is 14.6.